The highest BCUT2D eigenvalue weighted by molar-refractivity contribution is 5.96. The van der Waals surface area contributed by atoms with Gasteiger partial charge in [-0.2, -0.15) is 0 Å². The zero-order chi connectivity index (χ0) is 13.0. The molecule has 0 atom stereocenters. The van der Waals surface area contributed by atoms with Crippen molar-refractivity contribution in [2.75, 3.05) is 6.61 Å². The fraction of sp³-hybridized carbons (Fsp3) is 0.462. The minimum absolute atomic E-state index is 0.0385. The molecule has 1 aromatic rings. The van der Waals surface area contributed by atoms with Crippen molar-refractivity contribution in [1.82, 2.24) is 0 Å². The van der Waals surface area contributed by atoms with Crippen molar-refractivity contribution in [2.45, 2.75) is 33.6 Å². The lowest BCUT2D eigenvalue weighted by molar-refractivity contribution is 0.0811. The van der Waals surface area contributed by atoms with Gasteiger partial charge >= 0.3 is 0 Å². The maximum atomic E-state index is 12.1. The molecule has 1 rings (SSSR count). The Balaban J connectivity index is 2.98. The second-order valence-electron chi connectivity index (χ2n) is 3.92. The van der Waals surface area contributed by atoms with Crippen LogP contribution >= 0.6 is 0 Å². The topological polar surface area (TPSA) is 26.3 Å². The van der Waals surface area contributed by atoms with Crippen LogP contribution in [0.5, 0.6) is 5.75 Å². The van der Waals surface area contributed by atoms with Gasteiger partial charge in [0.15, 0.2) is 5.78 Å². The van der Waals surface area contributed by atoms with Crippen LogP contribution in [-0.2, 0) is 0 Å². The Morgan fingerprint density at radius 2 is 1.82 bits per heavy atom. The first-order valence-corrected chi connectivity index (χ1v) is 5.51. The van der Waals surface area contributed by atoms with Crippen LogP contribution in [0.3, 0.4) is 0 Å². The number of Topliss-reactive ketones (excluding diaryl/α,β-unsaturated/α-hetero) is 1. The molecule has 0 spiro atoms. The van der Waals surface area contributed by atoms with Crippen LogP contribution in [0.2, 0.25) is 0 Å². The molecule has 0 bridgehead atoms. The van der Waals surface area contributed by atoms with Crippen LogP contribution in [0.4, 0.5) is 8.78 Å². The molecule has 0 saturated heterocycles. The lowest BCUT2D eigenvalue weighted by atomic mass is 10.0. The third-order valence-corrected chi connectivity index (χ3v) is 2.46. The summed E-state index contributed by atoms with van der Waals surface area (Å²) in [6, 6.07) is 3.36. The third-order valence-electron chi connectivity index (χ3n) is 2.46. The maximum absolute atomic E-state index is 12.1. The molecule has 0 unspecified atom stereocenters. The van der Waals surface area contributed by atoms with E-state index in [9.17, 15) is 13.6 Å². The number of hydrogen-bond acceptors (Lipinski definition) is 2. The number of carbonyl (C=O) groups is 1. The summed E-state index contributed by atoms with van der Waals surface area (Å²) in [6.07, 6.45) is -2.07. The minimum Gasteiger partial charge on any atom is -0.487 e. The highest BCUT2D eigenvalue weighted by Crippen LogP contribution is 2.25. The van der Waals surface area contributed by atoms with E-state index < -0.39 is 13.0 Å². The summed E-state index contributed by atoms with van der Waals surface area (Å²) in [4.78, 5) is 11.5. The van der Waals surface area contributed by atoms with E-state index in [0.717, 1.165) is 0 Å². The van der Waals surface area contributed by atoms with Gasteiger partial charge in [0.2, 0.25) is 0 Å². The van der Waals surface area contributed by atoms with Crippen LogP contribution in [0.25, 0.3) is 0 Å². The summed E-state index contributed by atoms with van der Waals surface area (Å²) in [7, 11) is 0. The lowest BCUT2D eigenvalue weighted by Gasteiger charge is -2.13. The molecule has 0 radical (unpaired) electrons. The number of carbonyl (C=O) groups excluding carboxylic acids is 1. The number of aryl methyl sites for hydroxylation is 2. The summed E-state index contributed by atoms with van der Waals surface area (Å²) < 4.78 is 29.2. The van der Waals surface area contributed by atoms with Crippen molar-refractivity contribution < 1.29 is 18.3 Å². The van der Waals surface area contributed by atoms with Gasteiger partial charge in [-0.05, 0) is 37.1 Å². The highest BCUT2D eigenvalue weighted by Gasteiger charge is 2.12. The first-order valence-electron chi connectivity index (χ1n) is 5.51. The molecule has 0 aliphatic rings. The van der Waals surface area contributed by atoms with Crippen LogP contribution in [0.1, 0.15) is 34.8 Å². The van der Waals surface area contributed by atoms with E-state index in [0.29, 0.717) is 28.9 Å². The third kappa shape index (κ3) is 3.51. The monoisotopic (exact) mass is 242 g/mol. The van der Waals surface area contributed by atoms with Crippen molar-refractivity contribution in [3.05, 3.63) is 28.8 Å². The van der Waals surface area contributed by atoms with Gasteiger partial charge in [-0.25, -0.2) is 8.78 Å². The summed E-state index contributed by atoms with van der Waals surface area (Å²) in [5.41, 5.74) is 2.02. The standard InChI is InChI=1S/C13H16F2O2/c1-4-11(16)10-5-8(2)13(9(3)6-10)17-7-12(14)15/h5-6,12H,4,7H2,1-3H3. The van der Waals surface area contributed by atoms with Crippen LogP contribution in [-0.4, -0.2) is 18.8 Å². The molecule has 2 nitrogen and oxygen atoms in total. The van der Waals surface area contributed by atoms with E-state index in [1.807, 2.05) is 0 Å². The van der Waals surface area contributed by atoms with Crippen LogP contribution in [0.15, 0.2) is 12.1 Å². The fourth-order valence-electron chi connectivity index (χ4n) is 1.69. The molecule has 1 aromatic carbocycles. The zero-order valence-corrected chi connectivity index (χ0v) is 10.2. The smallest absolute Gasteiger partial charge is 0.272 e. The quantitative estimate of drug-likeness (QED) is 0.738. The van der Waals surface area contributed by atoms with Crippen molar-refractivity contribution >= 4 is 5.78 Å². The van der Waals surface area contributed by atoms with E-state index in [4.69, 9.17) is 4.74 Å². The van der Waals surface area contributed by atoms with Crippen LogP contribution < -0.4 is 4.74 Å². The number of rotatable bonds is 5. The molecule has 0 N–H and O–H groups in total. The Bertz CT molecular complexity index is 391. The van der Waals surface area contributed by atoms with Gasteiger partial charge in [0.05, 0.1) is 0 Å². The predicted molar refractivity (Wildman–Crippen MR) is 62.0 cm³/mol. The Hall–Kier alpha value is -1.45. The van der Waals surface area contributed by atoms with Gasteiger partial charge in [0.1, 0.15) is 12.4 Å². The van der Waals surface area contributed by atoms with Gasteiger partial charge in [-0.1, -0.05) is 6.92 Å². The SMILES string of the molecule is CCC(=O)c1cc(C)c(OCC(F)F)c(C)c1. The molecule has 0 aliphatic carbocycles. The number of ketones is 1. The molecule has 4 heteroatoms. The average Bonchev–Trinajstić information content (AvgIpc) is 2.26. The molecule has 0 aliphatic heterocycles. The Kier molecular flexibility index (Phi) is 4.61. The number of hydrogen-bond donors (Lipinski definition) is 0. The van der Waals surface area contributed by atoms with E-state index in [1.54, 1.807) is 32.9 Å². The van der Waals surface area contributed by atoms with E-state index >= 15 is 0 Å². The average molecular weight is 242 g/mol. The number of halogens is 2. The Labute approximate surface area is 99.6 Å². The Morgan fingerprint density at radius 3 is 2.24 bits per heavy atom. The second kappa shape index (κ2) is 5.75. The number of benzene rings is 1. The van der Waals surface area contributed by atoms with Crippen LogP contribution in [0, 0.1) is 13.8 Å². The zero-order valence-electron chi connectivity index (χ0n) is 10.2. The van der Waals surface area contributed by atoms with Crippen molar-refractivity contribution in [2.24, 2.45) is 0 Å². The van der Waals surface area contributed by atoms with Gasteiger partial charge < -0.3 is 4.74 Å². The molecule has 94 valence electrons. The molecular weight excluding hydrogens is 226 g/mol. The van der Waals surface area contributed by atoms with Crippen molar-refractivity contribution in [3.8, 4) is 5.75 Å². The largest absolute Gasteiger partial charge is 0.487 e. The molecule has 0 aromatic heterocycles. The van der Waals surface area contributed by atoms with E-state index in [2.05, 4.69) is 0 Å². The summed E-state index contributed by atoms with van der Waals surface area (Å²) in [6.45, 7) is 4.66. The number of ether oxygens (including phenoxy) is 1. The summed E-state index contributed by atoms with van der Waals surface area (Å²) >= 11 is 0. The molecular formula is C13H16F2O2. The number of alkyl halides is 2. The normalized spacial score (nSPS) is 10.7. The molecule has 0 amide bonds. The molecule has 0 fully saturated rings. The van der Waals surface area contributed by atoms with Gasteiger partial charge in [0, 0.05) is 12.0 Å². The summed E-state index contributed by atoms with van der Waals surface area (Å²) in [5.74, 6) is 0.481. The first-order chi connectivity index (χ1) is 7.95. The minimum atomic E-state index is -2.49. The Morgan fingerprint density at radius 1 is 1.29 bits per heavy atom. The predicted octanol–water partition coefficient (Wildman–Crippen LogP) is 3.54. The van der Waals surface area contributed by atoms with Gasteiger partial charge in [-0.3, -0.25) is 4.79 Å². The summed E-state index contributed by atoms with van der Waals surface area (Å²) in [5, 5.41) is 0. The van der Waals surface area contributed by atoms with E-state index in [1.165, 1.54) is 0 Å². The highest BCUT2D eigenvalue weighted by atomic mass is 19.3. The fourth-order valence-corrected chi connectivity index (χ4v) is 1.69. The van der Waals surface area contributed by atoms with Crippen molar-refractivity contribution in [1.29, 1.82) is 0 Å². The molecule has 0 heterocycles. The first kappa shape index (κ1) is 13.6. The molecule has 0 saturated carbocycles. The van der Waals surface area contributed by atoms with Gasteiger partial charge in [-0.15, -0.1) is 0 Å². The molecule has 17 heavy (non-hydrogen) atoms. The lowest BCUT2D eigenvalue weighted by Crippen LogP contribution is -2.09. The van der Waals surface area contributed by atoms with Gasteiger partial charge in [0.25, 0.3) is 6.43 Å². The second-order valence-corrected chi connectivity index (χ2v) is 3.92. The van der Waals surface area contributed by atoms with E-state index in [-0.39, 0.29) is 5.78 Å². The maximum Gasteiger partial charge on any atom is 0.272 e. The van der Waals surface area contributed by atoms with Crippen molar-refractivity contribution in [3.63, 3.8) is 0 Å².